The van der Waals surface area contributed by atoms with Gasteiger partial charge in [-0.25, -0.2) is 18.5 Å². The molecule has 0 atom stereocenters. The maximum absolute atomic E-state index is 11.6. The van der Waals surface area contributed by atoms with Crippen molar-refractivity contribution in [3.05, 3.63) is 47.5 Å². The zero-order chi connectivity index (χ0) is 19.0. The van der Waals surface area contributed by atoms with Crippen molar-refractivity contribution in [3.63, 3.8) is 0 Å². The van der Waals surface area contributed by atoms with Crippen LogP contribution in [-0.4, -0.2) is 23.1 Å². The van der Waals surface area contributed by atoms with Crippen molar-refractivity contribution < 1.29 is 12.9 Å². The summed E-state index contributed by atoms with van der Waals surface area (Å²) >= 11 is 3.13. The Hall–Kier alpha value is -2.14. The zero-order valence-electron chi connectivity index (χ0n) is 14.3. The van der Waals surface area contributed by atoms with Gasteiger partial charge in [-0.3, -0.25) is 0 Å². The van der Waals surface area contributed by atoms with Crippen LogP contribution in [0.1, 0.15) is 12.6 Å². The molecule has 7 nitrogen and oxygen atoms in total. The molecule has 0 aliphatic rings. The zero-order valence-corrected chi connectivity index (χ0v) is 16.8. The van der Waals surface area contributed by atoms with E-state index in [1.807, 2.05) is 35.1 Å². The number of imidazole rings is 1. The molecule has 3 heterocycles. The van der Waals surface area contributed by atoms with Gasteiger partial charge >= 0.3 is 0 Å². The van der Waals surface area contributed by atoms with Crippen molar-refractivity contribution >= 4 is 44.2 Å². The fraction of sp³-hybridized carbons (Fsp3) is 0.176. The van der Waals surface area contributed by atoms with Gasteiger partial charge in [0, 0.05) is 18.4 Å². The molecule has 3 aromatic heterocycles. The average molecular weight is 421 g/mol. The lowest BCUT2D eigenvalue weighted by atomic mass is 10.3. The Labute approximate surface area is 164 Å². The smallest absolute Gasteiger partial charge is 0.238 e. The summed E-state index contributed by atoms with van der Waals surface area (Å²) in [6.45, 7) is 2.73. The van der Waals surface area contributed by atoms with Crippen LogP contribution in [0.2, 0.25) is 0 Å². The van der Waals surface area contributed by atoms with Crippen LogP contribution < -0.4 is 5.14 Å². The van der Waals surface area contributed by atoms with Crippen molar-refractivity contribution in [1.29, 1.82) is 0 Å². The second-order valence-corrected chi connectivity index (χ2v) is 9.23. The largest absolute Gasteiger partial charge is 0.355 e. The lowest BCUT2D eigenvalue weighted by Gasteiger charge is -2.04. The molecule has 0 amide bonds. The summed E-state index contributed by atoms with van der Waals surface area (Å²) in [7, 11) is -3.76. The van der Waals surface area contributed by atoms with Gasteiger partial charge in [-0.2, -0.15) is 0 Å². The minimum absolute atomic E-state index is 0.0596. The number of hydrogen-bond donors (Lipinski definition) is 1. The Bertz CT molecular complexity index is 1190. The molecule has 27 heavy (non-hydrogen) atoms. The molecule has 1 aromatic carbocycles. The van der Waals surface area contributed by atoms with Crippen molar-refractivity contribution in [2.45, 2.75) is 29.3 Å². The van der Waals surface area contributed by atoms with E-state index in [0.29, 0.717) is 17.8 Å². The molecule has 4 aromatic rings. The molecule has 10 heteroatoms. The second kappa shape index (κ2) is 7.12. The summed E-state index contributed by atoms with van der Waals surface area (Å²) in [4.78, 5) is 5.68. The molecule has 0 radical (unpaired) electrons. The molecule has 0 fully saturated rings. The summed E-state index contributed by atoms with van der Waals surface area (Å²) in [5, 5.41) is 12.1. The first-order valence-corrected chi connectivity index (χ1v) is 11.5. The number of benzene rings is 1. The lowest BCUT2D eigenvalue weighted by molar-refractivity contribution is 0.427. The Balaban J connectivity index is 1.60. The van der Waals surface area contributed by atoms with Crippen molar-refractivity contribution in [2.75, 3.05) is 0 Å². The van der Waals surface area contributed by atoms with E-state index in [1.165, 1.54) is 23.9 Å². The van der Waals surface area contributed by atoms with Crippen LogP contribution in [0.4, 0.5) is 0 Å². The summed E-state index contributed by atoms with van der Waals surface area (Å²) in [6.07, 6.45) is 0. The predicted molar refractivity (Wildman–Crippen MR) is 106 cm³/mol. The minimum Gasteiger partial charge on any atom is -0.355 e. The summed E-state index contributed by atoms with van der Waals surface area (Å²) in [6, 6.07) is 10.6. The number of nitrogens with zero attached hydrogens (tertiary/aromatic N) is 3. The number of fused-ring (bicyclic) bond motifs is 1. The van der Waals surface area contributed by atoms with Crippen LogP contribution in [0.5, 0.6) is 0 Å². The first-order valence-electron chi connectivity index (χ1n) is 8.11. The number of sulfonamides is 1. The number of hydrogen-bond acceptors (Lipinski definition) is 7. The maximum Gasteiger partial charge on any atom is 0.238 e. The molecule has 0 aliphatic heterocycles. The number of aromatic nitrogens is 3. The second-order valence-electron chi connectivity index (χ2n) is 5.78. The molecule has 0 saturated carbocycles. The monoisotopic (exact) mass is 420 g/mol. The fourth-order valence-electron chi connectivity index (χ4n) is 2.73. The molecular formula is C17H16N4O3S3. The quantitative estimate of drug-likeness (QED) is 0.477. The predicted octanol–water partition coefficient (Wildman–Crippen LogP) is 3.71. The van der Waals surface area contributed by atoms with E-state index in [4.69, 9.17) is 9.66 Å². The SMILES string of the molecule is CCn1c(SCc2cc(-c3cccs3)on2)nc2cc(S(N)(=O)=O)ccc21. The highest BCUT2D eigenvalue weighted by atomic mass is 32.2. The Kier molecular flexibility index (Phi) is 4.81. The molecule has 0 bridgehead atoms. The third-order valence-corrected chi connectivity index (χ3v) is 6.81. The first kappa shape index (κ1) is 18.2. The number of thiophene rings is 1. The average Bonchev–Trinajstić information content (AvgIpc) is 3.36. The Morgan fingerprint density at radius 3 is 2.85 bits per heavy atom. The lowest BCUT2D eigenvalue weighted by Crippen LogP contribution is -2.11. The first-order chi connectivity index (χ1) is 13.0. The third kappa shape index (κ3) is 3.65. The van der Waals surface area contributed by atoms with Crippen LogP contribution >= 0.6 is 23.1 Å². The number of aryl methyl sites for hydroxylation is 1. The molecule has 140 valence electrons. The van der Waals surface area contributed by atoms with Gasteiger partial charge in [-0.15, -0.1) is 11.3 Å². The number of rotatable bonds is 6. The third-order valence-electron chi connectivity index (χ3n) is 4.00. The van der Waals surface area contributed by atoms with E-state index < -0.39 is 10.0 Å². The van der Waals surface area contributed by atoms with Gasteiger partial charge in [0.1, 0.15) is 0 Å². The molecule has 0 saturated heterocycles. The topological polar surface area (TPSA) is 104 Å². The fourth-order valence-corrected chi connectivity index (χ4v) is 4.90. The summed E-state index contributed by atoms with van der Waals surface area (Å²) < 4.78 is 30.6. The molecule has 4 rings (SSSR count). The molecular weight excluding hydrogens is 404 g/mol. The van der Waals surface area contributed by atoms with E-state index in [-0.39, 0.29) is 4.90 Å². The van der Waals surface area contributed by atoms with Gasteiger partial charge in [-0.05, 0) is 36.6 Å². The van der Waals surface area contributed by atoms with Crippen molar-refractivity contribution in [2.24, 2.45) is 5.14 Å². The normalized spacial score (nSPS) is 12.1. The number of primary sulfonamides is 1. The Morgan fingerprint density at radius 2 is 2.15 bits per heavy atom. The van der Waals surface area contributed by atoms with Gasteiger partial charge in [-0.1, -0.05) is 23.0 Å². The highest BCUT2D eigenvalue weighted by Crippen LogP contribution is 2.30. The molecule has 0 unspecified atom stereocenters. The van der Waals surface area contributed by atoms with Crippen molar-refractivity contribution in [1.82, 2.24) is 14.7 Å². The van der Waals surface area contributed by atoms with Crippen LogP contribution in [0.25, 0.3) is 21.7 Å². The highest BCUT2D eigenvalue weighted by molar-refractivity contribution is 7.98. The standard InChI is InChI=1S/C17H16N4O3S3/c1-2-21-14-6-5-12(27(18,22)23)9-13(14)19-17(21)26-10-11-8-15(24-20-11)16-4-3-7-25-16/h3-9H,2,10H2,1H3,(H2,18,22,23). The summed E-state index contributed by atoms with van der Waals surface area (Å²) in [5.74, 6) is 1.35. The van der Waals surface area contributed by atoms with Crippen LogP contribution in [-0.2, 0) is 22.3 Å². The van der Waals surface area contributed by atoms with Gasteiger partial charge in [0.15, 0.2) is 10.9 Å². The van der Waals surface area contributed by atoms with Crippen molar-refractivity contribution in [3.8, 4) is 10.6 Å². The van der Waals surface area contributed by atoms with E-state index in [0.717, 1.165) is 27.0 Å². The minimum atomic E-state index is -3.76. The van der Waals surface area contributed by atoms with Crippen LogP contribution in [0.15, 0.2) is 56.4 Å². The van der Waals surface area contributed by atoms with Crippen LogP contribution in [0.3, 0.4) is 0 Å². The van der Waals surface area contributed by atoms with E-state index in [9.17, 15) is 8.42 Å². The number of nitrogens with two attached hydrogens (primary N) is 1. The highest BCUT2D eigenvalue weighted by Gasteiger charge is 2.15. The van der Waals surface area contributed by atoms with Crippen LogP contribution in [0, 0.1) is 0 Å². The van der Waals surface area contributed by atoms with E-state index >= 15 is 0 Å². The Morgan fingerprint density at radius 1 is 1.30 bits per heavy atom. The maximum atomic E-state index is 11.6. The van der Waals surface area contributed by atoms with E-state index in [2.05, 4.69) is 10.1 Å². The van der Waals surface area contributed by atoms with Gasteiger partial charge < -0.3 is 9.09 Å². The van der Waals surface area contributed by atoms with Gasteiger partial charge in [0.2, 0.25) is 10.0 Å². The molecule has 0 spiro atoms. The number of thioether (sulfide) groups is 1. The summed E-state index contributed by atoms with van der Waals surface area (Å²) in [5.41, 5.74) is 2.29. The molecule has 2 N–H and O–H groups in total. The molecule has 0 aliphatic carbocycles. The van der Waals surface area contributed by atoms with Gasteiger partial charge in [0.25, 0.3) is 0 Å². The van der Waals surface area contributed by atoms with E-state index in [1.54, 1.807) is 17.4 Å². The van der Waals surface area contributed by atoms with Gasteiger partial charge in [0.05, 0.1) is 26.5 Å².